The minimum absolute atomic E-state index is 0.0131. The maximum atomic E-state index is 13.5. The zero-order valence-corrected chi connectivity index (χ0v) is 13.0. The molecule has 1 atom stereocenters. The van der Waals surface area contributed by atoms with E-state index in [0.717, 1.165) is 24.0 Å². The van der Waals surface area contributed by atoms with Crippen molar-refractivity contribution in [1.29, 1.82) is 0 Å². The molecule has 0 nitrogen and oxygen atoms in total. The van der Waals surface area contributed by atoms with Gasteiger partial charge in [0.25, 0.3) is 0 Å². The van der Waals surface area contributed by atoms with Crippen LogP contribution in [0.1, 0.15) is 75.3 Å². The first kappa shape index (κ1) is 16.2. The first-order valence-electron chi connectivity index (χ1n) is 8.25. The number of rotatable bonds is 6. The minimum Gasteiger partial charge on any atom is -0.207 e. The highest BCUT2D eigenvalue weighted by atomic mass is 19.3. The fourth-order valence-corrected chi connectivity index (χ4v) is 3.07. The van der Waals surface area contributed by atoms with Crippen molar-refractivity contribution < 1.29 is 8.78 Å². The average Bonchev–Trinajstić information content (AvgIpc) is 2.47. The van der Waals surface area contributed by atoms with E-state index >= 15 is 0 Å². The molecule has 0 radical (unpaired) electrons. The topological polar surface area (TPSA) is 0 Å². The van der Waals surface area contributed by atoms with Crippen molar-refractivity contribution in [2.75, 3.05) is 0 Å². The fraction of sp³-hybridized carbons (Fsp3) is 0.579. The second kappa shape index (κ2) is 7.72. The molecule has 1 unspecified atom stereocenters. The van der Waals surface area contributed by atoms with Crippen molar-refractivity contribution >= 4 is 6.08 Å². The Morgan fingerprint density at radius 1 is 1.19 bits per heavy atom. The molecule has 116 valence electrons. The van der Waals surface area contributed by atoms with Gasteiger partial charge in [-0.3, -0.25) is 0 Å². The van der Waals surface area contributed by atoms with Crippen LogP contribution in [0.25, 0.3) is 6.08 Å². The van der Waals surface area contributed by atoms with Gasteiger partial charge in [0.2, 0.25) is 5.92 Å². The zero-order valence-electron chi connectivity index (χ0n) is 13.0. The van der Waals surface area contributed by atoms with E-state index in [1.165, 1.54) is 19.3 Å². The highest BCUT2D eigenvalue weighted by Gasteiger charge is 2.36. The van der Waals surface area contributed by atoms with Crippen molar-refractivity contribution in [3.63, 3.8) is 0 Å². The van der Waals surface area contributed by atoms with Crippen LogP contribution < -0.4 is 0 Å². The SMILES string of the molecule is CCCCC/C=C/c1ccc(C2CCCC(F)(F)C2)cc1. The molecule has 0 N–H and O–H groups in total. The maximum absolute atomic E-state index is 13.5. The van der Waals surface area contributed by atoms with E-state index in [-0.39, 0.29) is 18.8 Å². The molecule has 0 aromatic heterocycles. The third-order valence-corrected chi connectivity index (χ3v) is 4.33. The molecule has 1 aromatic rings. The van der Waals surface area contributed by atoms with E-state index in [9.17, 15) is 8.78 Å². The average molecular weight is 292 g/mol. The molecular formula is C19H26F2. The maximum Gasteiger partial charge on any atom is 0.248 e. The molecule has 0 heterocycles. The number of hydrogen-bond acceptors (Lipinski definition) is 0. The van der Waals surface area contributed by atoms with Crippen LogP contribution in [0.2, 0.25) is 0 Å². The van der Waals surface area contributed by atoms with E-state index in [0.29, 0.717) is 6.42 Å². The normalized spacial score (nSPS) is 21.8. The Kier molecular flexibility index (Phi) is 5.96. The molecule has 1 saturated carbocycles. The van der Waals surface area contributed by atoms with Crippen LogP contribution in [-0.2, 0) is 0 Å². The van der Waals surface area contributed by atoms with Crippen LogP contribution in [0.15, 0.2) is 30.3 Å². The summed E-state index contributed by atoms with van der Waals surface area (Å²) < 4.78 is 27.0. The van der Waals surface area contributed by atoms with Gasteiger partial charge in [-0.1, -0.05) is 56.2 Å². The Hall–Kier alpha value is -1.18. The lowest BCUT2D eigenvalue weighted by Gasteiger charge is -2.29. The van der Waals surface area contributed by atoms with Crippen LogP contribution >= 0.6 is 0 Å². The molecule has 0 bridgehead atoms. The lowest BCUT2D eigenvalue weighted by Crippen LogP contribution is -2.24. The van der Waals surface area contributed by atoms with Crippen LogP contribution in [-0.4, -0.2) is 5.92 Å². The first-order valence-corrected chi connectivity index (χ1v) is 8.25. The summed E-state index contributed by atoms with van der Waals surface area (Å²) in [7, 11) is 0. The van der Waals surface area contributed by atoms with Gasteiger partial charge in [0, 0.05) is 12.8 Å². The van der Waals surface area contributed by atoms with Gasteiger partial charge in [-0.2, -0.15) is 0 Å². The Balaban J connectivity index is 1.89. The molecule has 21 heavy (non-hydrogen) atoms. The van der Waals surface area contributed by atoms with Crippen molar-refractivity contribution in [3.8, 4) is 0 Å². The standard InChI is InChI=1S/C19H26F2/c1-2-3-4-5-6-8-16-10-12-17(13-11-16)18-9-7-14-19(20,21)15-18/h6,8,10-13,18H,2-5,7,9,14-15H2,1H3/b8-6+. The molecule has 2 rings (SSSR count). The molecule has 2 heteroatoms. The Morgan fingerprint density at radius 3 is 2.62 bits per heavy atom. The summed E-state index contributed by atoms with van der Waals surface area (Å²) in [6.07, 6.45) is 10.8. The third kappa shape index (κ3) is 5.26. The Bertz CT molecular complexity index is 445. The van der Waals surface area contributed by atoms with Crippen molar-refractivity contribution in [2.24, 2.45) is 0 Å². The number of benzene rings is 1. The quantitative estimate of drug-likeness (QED) is 0.520. The molecule has 0 aliphatic heterocycles. The monoisotopic (exact) mass is 292 g/mol. The summed E-state index contributed by atoms with van der Waals surface area (Å²) in [6.45, 7) is 2.21. The predicted octanol–water partition coefficient (Wildman–Crippen LogP) is 6.57. The smallest absolute Gasteiger partial charge is 0.207 e. The van der Waals surface area contributed by atoms with E-state index in [1.54, 1.807) is 0 Å². The summed E-state index contributed by atoms with van der Waals surface area (Å²) in [6, 6.07) is 8.16. The minimum atomic E-state index is -2.47. The molecule has 0 spiro atoms. The summed E-state index contributed by atoms with van der Waals surface area (Å²) >= 11 is 0. The highest BCUT2D eigenvalue weighted by Crippen LogP contribution is 2.41. The van der Waals surface area contributed by atoms with Gasteiger partial charge in [-0.05, 0) is 42.7 Å². The Morgan fingerprint density at radius 2 is 1.95 bits per heavy atom. The van der Waals surface area contributed by atoms with Crippen molar-refractivity contribution in [2.45, 2.75) is 70.1 Å². The van der Waals surface area contributed by atoms with E-state index in [2.05, 4.69) is 31.2 Å². The van der Waals surface area contributed by atoms with Crippen LogP contribution in [0.3, 0.4) is 0 Å². The van der Waals surface area contributed by atoms with Crippen LogP contribution in [0.4, 0.5) is 8.78 Å². The molecular weight excluding hydrogens is 266 g/mol. The zero-order chi connectivity index (χ0) is 15.1. The highest BCUT2D eigenvalue weighted by molar-refractivity contribution is 5.49. The van der Waals surface area contributed by atoms with Gasteiger partial charge < -0.3 is 0 Å². The number of hydrogen-bond donors (Lipinski definition) is 0. The van der Waals surface area contributed by atoms with Gasteiger partial charge in [0.05, 0.1) is 0 Å². The van der Waals surface area contributed by atoms with Crippen LogP contribution in [0.5, 0.6) is 0 Å². The van der Waals surface area contributed by atoms with Crippen molar-refractivity contribution in [3.05, 3.63) is 41.5 Å². The van der Waals surface area contributed by atoms with Gasteiger partial charge >= 0.3 is 0 Å². The third-order valence-electron chi connectivity index (χ3n) is 4.33. The second-order valence-corrected chi connectivity index (χ2v) is 6.21. The fourth-order valence-electron chi connectivity index (χ4n) is 3.07. The summed E-state index contributed by atoms with van der Waals surface area (Å²) in [5, 5.41) is 0. The molecule has 0 amide bonds. The second-order valence-electron chi connectivity index (χ2n) is 6.21. The van der Waals surface area contributed by atoms with Gasteiger partial charge in [-0.25, -0.2) is 8.78 Å². The van der Waals surface area contributed by atoms with E-state index in [4.69, 9.17) is 0 Å². The molecule has 1 fully saturated rings. The predicted molar refractivity (Wildman–Crippen MR) is 85.8 cm³/mol. The van der Waals surface area contributed by atoms with Crippen molar-refractivity contribution in [1.82, 2.24) is 0 Å². The summed E-state index contributed by atoms with van der Waals surface area (Å²) in [4.78, 5) is 0. The van der Waals surface area contributed by atoms with Gasteiger partial charge in [0.15, 0.2) is 0 Å². The molecule has 1 aliphatic carbocycles. The lowest BCUT2D eigenvalue weighted by atomic mass is 9.82. The van der Waals surface area contributed by atoms with Gasteiger partial charge in [0.1, 0.15) is 0 Å². The lowest BCUT2D eigenvalue weighted by molar-refractivity contribution is -0.0408. The molecule has 0 saturated heterocycles. The van der Waals surface area contributed by atoms with E-state index in [1.807, 2.05) is 12.1 Å². The summed E-state index contributed by atoms with van der Waals surface area (Å²) in [5.74, 6) is -2.45. The first-order chi connectivity index (χ1) is 10.1. The number of alkyl halides is 2. The number of allylic oxidation sites excluding steroid dienone is 1. The van der Waals surface area contributed by atoms with Crippen LogP contribution in [0, 0.1) is 0 Å². The largest absolute Gasteiger partial charge is 0.248 e. The molecule has 1 aromatic carbocycles. The van der Waals surface area contributed by atoms with E-state index < -0.39 is 5.92 Å². The Labute approximate surface area is 127 Å². The molecule has 1 aliphatic rings. The number of halogens is 2. The summed E-state index contributed by atoms with van der Waals surface area (Å²) in [5.41, 5.74) is 2.23. The van der Waals surface area contributed by atoms with Gasteiger partial charge in [-0.15, -0.1) is 0 Å². The number of unbranched alkanes of at least 4 members (excludes halogenated alkanes) is 3.